The summed E-state index contributed by atoms with van der Waals surface area (Å²) in [4.78, 5) is 9.17. The molecule has 4 aromatic heterocycles. The summed E-state index contributed by atoms with van der Waals surface area (Å²) in [6, 6.07) is 4.27. The number of ether oxygens (including phenoxy) is 1. The van der Waals surface area contributed by atoms with Gasteiger partial charge in [-0.1, -0.05) is 19.9 Å². The molecule has 2 N–H and O–H groups in total. The topological polar surface area (TPSA) is 93.0 Å². The first-order valence-electron chi connectivity index (χ1n) is 11.2. The summed E-state index contributed by atoms with van der Waals surface area (Å²) in [6.07, 6.45) is 7.85. The van der Waals surface area contributed by atoms with Gasteiger partial charge in [0.25, 0.3) is 0 Å². The molecule has 1 aliphatic heterocycles. The molecule has 5 rings (SSSR count). The fourth-order valence-electron chi connectivity index (χ4n) is 4.72. The summed E-state index contributed by atoms with van der Waals surface area (Å²) in [7, 11) is 1.65. The van der Waals surface area contributed by atoms with E-state index in [1.54, 1.807) is 11.6 Å². The van der Waals surface area contributed by atoms with Gasteiger partial charge in [-0.05, 0) is 61.9 Å². The molecule has 0 unspecified atom stereocenters. The third-order valence-electron chi connectivity index (χ3n) is 6.37. The van der Waals surface area contributed by atoms with Crippen LogP contribution in [0.3, 0.4) is 0 Å². The molecule has 1 aliphatic rings. The van der Waals surface area contributed by atoms with Crippen molar-refractivity contribution < 1.29 is 4.74 Å². The predicted octanol–water partition coefficient (Wildman–Crippen LogP) is 4.09. The summed E-state index contributed by atoms with van der Waals surface area (Å²) < 4.78 is 7.29. The average molecular weight is 432 g/mol. The lowest BCUT2D eigenvalue weighted by atomic mass is 9.89. The Kier molecular flexibility index (Phi) is 5.38. The van der Waals surface area contributed by atoms with Crippen LogP contribution in [0.5, 0.6) is 5.75 Å². The van der Waals surface area contributed by atoms with Crippen molar-refractivity contribution in [3.05, 3.63) is 47.5 Å². The third kappa shape index (κ3) is 3.54. The molecule has 0 amide bonds. The lowest BCUT2D eigenvalue weighted by molar-refractivity contribution is 0.416. The predicted molar refractivity (Wildman–Crippen MR) is 124 cm³/mol. The Bertz CT molecular complexity index is 1250. The lowest BCUT2D eigenvalue weighted by Gasteiger charge is -2.23. The summed E-state index contributed by atoms with van der Waals surface area (Å²) in [6.45, 7) is 8.65. The van der Waals surface area contributed by atoms with Crippen LogP contribution in [-0.4, -0.2) is 50.0 Å². The van der Waals surface area contributed by atoms with Gasteiger partial charge in [0, 0.05) is 23.5 Å². The van der Waals surface area contributed by atoms with Gasteiger partial charge in [0.1, 0.15) is 12.0 Å². The van der Waals surface area contributed by atoms with Crippen molar-refractivity contribution in [2.75, 3.05) is 20.2 Å². The number of piperidine rings is 1. The summed E-state index contributed by atoms with van der Waals surface area (Å²) >= 11 is 0. The summed E-state index contributed by atoms with van der Waals surface area (Å²) in [5.74, 6) is 1.51. The number of aryl methyl sites for hydroxylation is 1. The number of hydrogen-bond donors (Lipinski definition) is 2. The van der Waals surface area contributed by atoms with Crippen molar-refractivity contribution in [1.29, 1.82) is 0 Å². The van der Waals surface area contributed by atoms with Crippen LogP contribution in [0.25, 0.3) is 28.3 Å². The van der Waals surface area contributed by atoms with E-state index >= 15 is 0 Å². The number of rotatable bonds is 5. The SMILES string of the molecule is COc1cc(-c2[nH]nc(-c3ncc(C4CCNCC4)cc3C)c2C(C)C)cn2ncnc12. The van der Waals surface area contributed by atoms with Crippen LogP contribution in [0, 0.1) is 6.92 Å². The van der Waals surface area contributed by atoms with E-state index < -0.39 is 0 Å². The number of hydrogen-bond acceptors (Lipinski definition) is 6. The van der Waals surface area contributed by atoms with E-state index in [4.69, 9.17) is 14.8 Å². The normalized spacial score (nSPS) is 15.0. The number of methoxy groups -OCH3 is 1. The first-order valence-corrected chi connectivity index (χ1v) is 11.2. The number of nitrogens with zero attached hydrogens (tertiary/aromatic N) is 5. The van der Waals surface area contributed by atoms with E-state index in [-0.39, 0.29) is 5.92 Å². The van der Waals surface area contributed by atoms with E-state index in [0.717, 1.165) is 59.7 Å². The van der Waals surface area contributed by atoms with Crippen molar-refractivity contribution in [1.82, 2.24) is 35.1 Å². The first-order chi connectivity index (χ1) is 15.6. The number of fused-ring (bicyclic) bond motifs is 1. The number of pyridine rings is 2. The van der Waals surface area contributed by atoms with E-state index in [1.807, 2.05) is 18.5 Å². The zero-order valence-electron chi connectivity index (χ0n) is 19.0. The molecule has 0 aliphatic carbocycles. The van der Waals surface area contributed by atoms with E-state index in [0.29, 0.717) is 17.3 Å². The zero-order chi connectivity index (χ0) is 22.2. The van der Waals surface area contributed by atoms with Crippen molar-refractivity contribution in [3.63, 3.8) is 0 Å². The first kappa shape index (κ1) is 20.6. The molecule has 0 atom stereocenters. The number of aromatic nitrogens is 6. The van der Waals surface area contributed by atoms with Gasteiger partial charge in [-0.3, -0.25) is 10.1 Å². The maximum atomic E-state index is 5.56. The molecule has 0 saturated carbocycles. The molecular formula is C24H29N7O. The van der Waals surface area contributed by atoms with Crippen LogP contribution < -0.4 is 10.1 Å². The van der Waals surface area contributed by atoms with Gasteiger partial charge in [-0.25, -0.2) is 9.50 Å². The molecule has 4 aromatic rings. The Morgan fingerprint density at radius 3 is 2.66 bits per heavy atom. The summed E-state index contributed by atoms with van der Waals surface area (Å²) in [5.41, 5.74) is 8.05. The van der Waals surface area contributed by atoms with E-state index in [1.165, 1.54) is 11.9 Å². The van der Waals surface area contributed by atoms with Crippen LogP contribution in [0.1, 0.15) is 55.2 Å². The van der Waals surface area contributed by atoms with E-state index in [9.17, 15) is 0 Å². The van der Waals surface area contributed by atoms with Crippen molar-refractivity contribution in [2.45, 2.75) is 45.4 Å². The number of H-pyrrole nitrogens is 1. The molecule has 8 heteroatoms. The Morgan fingerprint density at radius 1 is 1.12 bits per heavy atom. The van der Waals surface area contributed by atoms with Crippen molar-refractivity contribution >= 4 is 5.65 Å². The standard InChI is InChI=1S/C24H29N7O/c1-14(2)20-22(18-10-19(32-4)24-27-13-28-31(24)12-18)29-30-23(20)21-15(3)9-17(11-26-21)16-5-7-25-8-6-16/h9-14,16,25H,5-8H2,1-4H3,(H,29,30). The van der Waals surface area contributed by atoms with Crippen LogP contribution in [0.4, 0.5) is 0 Å². The molecule has 0 bridgehead atoms. The molecule has 0 radical (unpaired) electrons. The maximum Gasteiger partial charge on any atom is 0.197 e. The Hall–Kier alpha value is -3.26. The second kappa shape index (κ2) is 8.35. The fourth-order valence-corrected chi connectivity index (χ4v) is 4.72. The lowest BCUT2D eigenvalue weighted by Crippen LogP contribution is -2.26. The van der Waals surface area contributed by atoms with Gasteiger partial charge in [0.05, 0.1) is 18.5 Å². The third-order valence-corrected chi connectivity index (χ3v) is 6.37. The van der Waals surface area contributed by atoms with Crippen LogP contribution in [0.15, 0.2) is 30.9 Å². The minimum Gasteiger partial charge on any atom is -0.493 e. The number of aromatic amines is 1. The van der Waals surface area contributed by atoms with Crippen molar-refractivity contribution in [3.8, 4) is 28.4 Å². The maximum absolute atomic E-state index is 5.56. The van der Waals surface area contributed by atoms with Gasteiger partial charge >= 0.3 is 0 Å². The second-order valence-electron chi connectivity index (χ2n) is 8.80. The van der Waals surface area contributed by atoms with E-state index in [2.05, 4.69) is 47.3 Å². The Balaban J connectivity index is 1.58. The molecule has 1 fully saturated rings. The second-order valence-corrected chi connectivity index (χ2v) is 8.80. The molecule has 166 valence electrons. The molecule has 32 heavy (non-hydrogen) atoms. The highest BCUT2D eigenvalue weighted by Crippen LogP contribution is 2.38. The largest absolute Gasteiger partial charge is 0.493 e. The molecule has 0 aromatic carbocycles. The van der Waals surface area contributed by atoms with Crippen LogP contribution >= 0.6 is 0 Å². The van der Waals surface area contributed by atoms with Gasteiger partial charge in [-0.2, -0.15) is 10.2 Å². The summed E-state index contributed by atoms with van der Waals surface area (Å²) in [5, 5.41) is 15.7. The Labute approximate surface area is 187 Å². The highest BCUT2D eigenvalue weighted by Gasteiger charge is 2.23. The Morgan fingerprint density at radius 2 is 1.94 bits per heavy atom. The highest BCUT2D eigenvalue weighted by molar-refractivity contribution is 5.76. The fraction of sp³-hybridized carbons (Fsp3) is 0.417. The van der Waals surface area contributed by atoms with Crippen molar-refractivity contribution in [2.24, 2.45) is 0 Å². The average Bonchev–Trinajstić information content (AvgIpc) is 3.46. The minimum atomic E-state index is 0.251. The molecule has 5 heterocycles. The smallest absolute Gasteiger partial charge is 0.197 e. The van der Waals surface area contributed by atoms with Crippen LogP contribution in [0.2, 0.25) is 0 Å². The minimum absolute atomic E-state index is 0.251. The van der Waals surface area contributed by atoms with Gasteiger partial charge < -0.3 is 10.1 Å². The molecule has 0 spiro atoms. The van der Waals surface area contributed by atoms with Crippen LogP contribution in [-0.2, 0) is 0 Å². The van der Waals surface area contributed by atoms with Gasteiger partial charge in [-0.15, -0.1) is 0 Å². The zero-order valence-corrected chi connectivity index (χ0v) is 19.0. The molecular weight excluding hydrogens is 402 g/mol. The molecule has 8 nitrogen and oxygen atoms in total. The number of nitrogens with one attached hydrogen (secondary N) is 2. The molecule has 1 saturated heterocycles. The highest BCUT2D eigenvalue weighted by atomic mass is 16.5. The van der Waals surface area contributed by atoms with Gasteiger partial charge in [0.2, 0.25) is 0 Å². The van der Waals surface area contributed by atoms with Gasteiger partial charge in [0.15, 0.2) is 11.4 Å². The quantitative estimate of drug-likeness (QED) is 0.494. The monoisotopic (exact) mass is 431 g/mol.